The van der Waals surface area contributed by atoms with Crippen molar-refractivity contribution < 1.29 is 38.0 Å². The summed E-state index contributed by atoms with van der Waals surface area (Å²) >= 11 is 0. The third-order valence-electron chi connectivity index (χ3n) is 4.15. The Hall–Kier alpha value is -3.94. The SMILES string of the molecule is COc1cc(C=CC=Cc2cc(OC)c(OC(C)=O)c(OC)c2)cc(OC)c1OC(C)=O. The number of hydrogen-bond donors (Lipinski definition) is 0. The van der Waals surface area contributed by atoms with Crippen LogP contribution in [0.2, 0.25) is 0 Å². The highest BCUT2D eigenvalue weighted by atomic mass is 16.6. The number of rotatable bonds is 9. The second-order valence-electron chi connectivity index (χ2n) is 6.41. The van der Waals surface area contributed by atoms with Gasteiger partial charge >= 0.3 is 11.9 Å². The normalized spacial score (nSPS) is 10.8. The first-order valence-electron chi connectivity index (χ1n) is 9.56. The Balaban J connectivity index is 2.30. The van der Waals surface area contributed by atoms with E-state index >= 15 is 0 Å². The van der Waals surface area contributed by atoms with Gasteiger partial charge in [-0.15, -0.1) is 0 Å². The quantitative estimate of drug-likeness (QED) is 0.323. The maximum Gasteiger partial charge on any atom is 0.308 e. The maximum atomic E-state index is 11.3. The highest BCUT2D eigenvalue weighted by Gasteiger charge is 2.16. The van der Waals surface area contributed by atoms with Gasteiger partial charge in [0.1, 0.15) is 0 Å². The second kappa shape index (κ2) is 11.5. The van der Waals surface area contributed by atoms with E-state index in [4.69, 9.17) is 28.4 Å². The van der Waals surface area contributed by atoms with E-state index in [9.17, 15) is 9.59 Å². The number of hydrogen-bond acceptors (Lipinski definition) is 8. The zero-order chi connectivity index (χ0) is 23.7. The molecule has 0 bridgehead atoms. The average molecular weight is 442 g/mol. The summed E-state index contributed by atoms with van der Waals surface area (Å²) < 4.78 is 31.7. The molecule has 8 nitrogen and oxygen atoms in total. The van der Waals surface area contributed by atoms with E-state index < -0.39 is 11.9 Å². The molecule has 0 spiro atoms. The zero-order valence-electron chi connectivity index (χ0n) is 18.9. The Morgan fingerprint density at radius 3 is 1.09 bits per heavy atom. The summed E-state index contributed by atoms with van der Waals surface area (Å²) in [6, 6.07) is 6.91. The topological polar surface area (TPSA) is 89.5 Å². The highest BCUT2D eigenvalue weighted by Crippen LogP contribution is 2.40. The fourth-order valence-electron chi connectivity index (χ4n) is 2.81. The summed E-state index contributed by atoms with van der Waals surface area (Å²) in [5.74, 6) is 0.996. The van der Waals surface area contributed by atoms with E-state index in [-0.39, 0.29) is 11.5 Å². The molecule has 0 saturated carbocycles. The van der Waals surface area contributed by atoms with Crippen LogP contribution in [-0.4, -0.2) is 40.4 Å². The Bertz CT molecular complexity index is 903. The molecule has 0 fully saturated rings. The van der Waals surface area contributed by atoms with Gasteiger partial charge in [0.05, 0.1) is 28.4 Å². The molecule has 0 N–H and O–H groups in total. The molecule has 0 unspecified atom stereocenters. The number of carbonyl (C=O) groups excluding carboxylic acids is 2. The molecular weight excluding hydrogens is 416 g/mol. The summed E-state index contributed by atoms with van der Waals surface area (Å²) in [6.07, 6.45) is 7.30. The number of benzene rings is 2. The second-order valence-corrected chi connectivity index (χ2v) is 6.41. The summed E-state index contributed by atoms with van der Waals surface area (Å²) in [7, 11) is 5.93. The van der Waals surface area contributed by atoms with Gasteiger partial charge in [0.25, 0.3) is 0 Å². The van der Waals surface area contributed by atoms with E-state index in [0.717, 1.165) is 11.1 Å². The summed E-state index contributed by atoms with van der Waals surface area (Å²) in [4.78, 5) is 22.7. The van der Waals surface area contributed by atoms with E-state index in [1.807, 2.05) is 24.3 Å². The van der Waals surface area contributed by atoms with Crippen LogP contribution in [0.5, 0.6) is 34.5 Å². The van der Waals surface area contributed by atoms with Crippen LogP contribution in [0.4, 0.5) is 0 Å². The predicted molar refractivity (Wildman–Crippen MR) is 120 cm³/mol. The predicted octanol–water partition coefficient (Wildman–Crippen LogP) is 4.30. The molecule has 0 aliphatic carbocycles. The van der Waals surface area contributed by atoms with E-state index in [0.29, 0.717) is 23.0 Å². The molecule has 0 atom stereocenters. The van der Waals surface area contributed by atoms with Crippen molar-refractivity contribution in [1.29, 1.82) is 0 Å². The van der Waals surface area contributed by atoms with Crippen LogP contribution in [0, 0.1) is 0 Å². The summed E-state index contributed by atoms with van der Waals surface area (Å²) in [6.45, 7) is 2.61. The van der Waals surface area contributed by atoms with Crippen molar-refractivity contribution in [2.75, 3.05) is 28.4 Å². The van der Waals surface area contributed by atoms with Crippen LogP contribution in [0.3, 0.4) is 0 Å². The molecule has 8 heteroatoms. The lowest BCUT2D eigenvalue weighted by atomic mass is 10.1. The zero-order valence-corrected chi connectivity index (χ0v) is 18.9. The van der Waals surface area contributed by atoms with Crippen LogP contribution >= 0.6 is 0 Å². The van der Waals surface area contributed by atoms with Crippen molar-refractivity contribution in [1.82, 2.24) is 0 Å². The number of methoxy groups -OCH3 is 4. The Morgan fingerprint density at radius 1 is 0.594 bits per heavy atom. The molecule has 2 aromatic rings. The van der Waals surface area contributed by atoms with Crippen LogP contribution in [0.1, 0.15) is 25.0 Å². The Kier molecular flexibility index (Phi) is 8.71. The van der Waals surface area contributed by atoms with Crippen LogP contribution in [-0.2, 0) is 9.59 Å². The van der Waals surface area contributed by atoms with Crippen LogP contribution in [0.15, 0.2) is 36.4 Å². The molecule has 0 aliphatic rings. The van der Waals surface area contributed by atoms with Crippen molar-refractivity contribution in [3.8, 4) is 34.5 Å². The number of carbonyl (C=O) groups is 2. The number of esters is 2. The molecule has 2 aromatic carbocycles. The van der Waals surface area contributed by atoms with Gasteiger partial charge in [-0.3, -0.25) is 9.59 Å². The molecule has 0 aliphatic heterocycles. The minimum Gasteiger partial charge on any atom is -0.493 e. The minimum atomic E-state index is -0.474. The first-order chi connectivity index (χ1) is 15.3. The first-order valence-corrected chi connectivity index (χ1v) is 9.56. The van der Waals surface area contributed by atoms with Crippen molar-refractivity contribution >= 4 is 24.1 Å². The molecule has 0 radical (unpaired) electrons. The minimum absolute atomic E-state index is 0.224. The highest BCUT2D eigenvalue weighted by molar-refractivity contribution is 5.74. The number of ether oxygens (including phenoxy) is 6. The van der Waals surface area contributed by atoms with Crippen LogP contribution < -0.4 is 28.4 Å². The number of allylic oxidation sites excluding steroid dienone is 2. The van der Waals surface area contributed by atoms with Crippen molar-refractivity contribution in [2.24, 2.45) is 0 Å². The lowest BCUT2D eigenvalue weighted by Crippen LogP contribution is -2.05. The first kappa shape index (κ1) is 24.3. The molecule has 0 heterocycles. The van der Waals surface area contributed by atoms with Crippen molar-refractivity contribution in [2.45, 2.75) is 13.8 Å². The Morgan fingerprint density at radius 2 is 0.875 bits per heavy atom. The smallest absolute Gasteiger partial charge is 0.308 e. The fraction of sp³-hybridized carbons (Fsp3) is 0.250. The van der Waals surface area contributed by atoms with Gasteiger partial charge in [-0.2, -0.15) is 0 Å². The van der Waals surface area contributed by atoms with Gasteiger partial charge < -0.3 is 28.4 Å². The van der Waals surface area contributed by atoms with Crippen molar-refractivity contribution in [3.05, 3.63) is 47.5 Å². The van der Waals surface area contributed by atoms with Gasteiger partial charge in [-0.1, -0.05) is 24.3 Å². The van der Waals surface area contributed by atoms with Gasteiger partial charge in [0.15, 0.2) is 23.0 Å². The molecule has 0 aromatic heterocycles. The third kappa shape index (κ3) is 6.28. The van der Waals surface area contributed by atoms with Crippen LogP contribution in [0.25, 0.3) is 12.2 Å². The largest absolute Gasteiger partial charge is 0.493 e. The molecule has 32 heavy (non-hydrogen) atoms. The van der Waals surface area contributed by atoms with E-state index in [1.54, 1.807) is 24.3 Å². The standard InChI is InChI=1S/C24H26O8/c1-15(25)31-23-19(27-3)11-17(12-20(23)28-4)9-7-8-10-18-13-21(29-5)24(32-16(2)26)22(14-18)30-6/h7-14H,1-6H3. The van der Waals surface area contributed by atoms with E-state index in [2.05, 4.69) is 0 Å². The van der Waals surface area contributed by atoms with Crippen molar-refractivity contribution in [3.63, 3.8) is 0 Å². The van der Waals surface area contributed by atoms with E-state index in [1.165, 1.54) is 42.3 Å². The van der Waals surface area contributed by atoms with Gasteiger partial charge in [0, 0.05) is 13.8 Å². The van der Waals surface area contributed by atoms with Gasteiger partial charge in [-0.05, 0) is 35.4 Å². The third-order valence-corrected chi connectivity index (χ3v) is 4.15. The molecule has 2 rings (SSSR count). The Labute approximate surface area is 186 Å². The lowest BCUT2D eigenvalue weighted by Gasteiger charge is -2.13. The fourth-order valence-corrected chi connectivity index (χ4v) is 2.81. The summed E-state index contributed by atoms with van der Waals surface area (Å²) in [5.41, 5.74) is 1.55. The van der Waals surface area contributed by atoms with Gasteiger partial charge in [-0.25, -0.2) is 0 Å². The molecule has 0 amide bonds. The van der Waals surface area contributed by atoms with Gasteiger partial charge in [0.2, 0.25) is 11.5 Å². The molecule has 170 valence electrons. The molecule has 0 saturated heterocycles. The summed E-state index contributed by atoms with van der Waals surface area (Å²) in [5, 5.41) is 0. The monoisotopic (exact) mass is 442 g/mol. The maximum absolute atomic E-state index is 11.3. The molecular formula is C24H26O8. The lowest BCUT2D eigenvalue weighted by molar-refractivity contribution is -0.133. The average Bonchev–Trinajstić information content (AvgIpc) is 2.76.